The van der Waals surface area contributed by atoms with E-state index in [1.165, 1.54) is 11.1 Å². The fourth-order valence-electron chi connectivity index (χ4n) is 17.5. The third-order valence-electron chi connectivity index (χ3n) is 24.6. The number of aliphatic imine (C=N–C) groups is 1. The Labute approximate surface area is 893 Å². The molecule has 19 nitrogen and oxygen atoms in total. The number of pyridine rings is 5. The van der Waals surface area contributed by atoms with Crippen molar-refractivity contribution in [2.24, 2.45) is 10.9 Å². The van der Waals surface area contributed by atoms with Crippen molar-refractivity contribution in [3.63, 3.8) is 0 Å². The molecule has 13 aromatic carbocycles. The van der Waals surface area contributed by atoms with Crippen LogP contribution in [-0.4, -0.2) is 94.5 Å². The maximum atomic E-state index is 10.5. The number of hydrogen-bond donors (Lipinski definition) is 6. The van der Waals surface area contributed by atoms with E-state index in [0.29, 0.717) is 90.8 Å². The Hall–Kier alpha value is -15.9. The number of imidazole rings is 2. The molecule has 20 aromatic rings. The van der Waals surface area contributed by atoms with Crippen LogP contribution in [0.5, 0.6) is 34.5 Å². The molecule has 0 spiro atoms. The van der Waals surface area contributed by atoms with Crippen molar-refractivity contribution in [2.45, 2.75) is 25.3 Å². The quantitative estimate of drug-likeness (QED) is 0.0415. The SMILES string of the molecule is CC(C)(c1cccc(-c2ccccc2O)n1)c1cccc(-c2ccccc2O)n1.C[N-]c1ccccc1C1=NC2c3nc(-c4ccccc4[N-]C)cc(-c4ccccc4)c3C=CC2C(c2ccccc2)=C1.Oc1ccccc1-c1cccc(N(c2ccccc2)c2cccc(-c3ccccc3O)n2)n1.Oc1ccccc1-c1cn(-c2ccccc2)c(-c2nc(-c3ccccc3O)cn2-c2ccccc2)n1.[Pt+2].[Pt].[Pt].[Pt]. The van der Waals surface area contributed by atoms with Crippen LogP contribution in [0.4, 0.5) is 28.7 Å². The average Bonchev–Trinajstić information content (AvgIpc) is 0.785. The summed E-state index contributed by atoms with van der Waals surface area (Å²) in [6.45, 7) is 4.14. The molecule has 2 unspecified atom stereocenters. The van der Waals surface area contributed by atoms with Crippen LogP contribution < -0.4 is 4.90 Å². The summed E-state index contributed by atoms with van der Waals surface area (Å²) >= 11 is 0. The molecule has 0 radical (unpaired) electrons. The molecular weight excluding hydrogens is 2510 g/mol. The number of hydrogen-bond acceptors (Lipinski definition) is 15. The number of dihydropyridines is 1. The van der Waals surface area contributed by atoms with Crippen LogP contribution in [0, 0.1) is 5.92 Å². The zero-order valence-electron chi connectivity index (χ0n) is 78.2. The molecule has 22 rings (SSSR count). The van der Waals surface area contributed by atoms with E-state index < -0.39 is 5.41 Å². The first-order valence-electron chi connectivity index (χ1n) is 45.9. The number of rotatable bonds is 20. The Morgan fingerprint density at radius 2 is 0.639 bits per heavy atom. The minimum Gasteiger partial charge on any atom is -0.686 e. The van der Waals surface area contributed by atoms with Gasteiger partial charge in [0.1, 0.15) is 52.2 Å². The van der Waals surface area contributed by atoms with Crippen LogP contribution in [0.1, 0.15) is 53.7 Å². The number of para-hydroxylation sites is 11. The van der Waals surface area contributed by atoms with Crippen LogP contribution >= 0.6 is 0 Å². The molecule has 0 bridgehead atoms. The van der Waals surface area contributed by atoms with E-state index in [1.54, 1.807) is 72.8 Å². The number of nitrogens with zero attached hydrogens (tertiary/aromatic N) is 13. The van der Waals surface area contributed by atoms with Gasteiger partial charge in [0.15, 0.2) is 11.6 Å². The first kappa shape index (κ1) is 103. The monoisotopic (exact) mass is 2610 g/mol. The molecule has 0 amide bonds. The molecule has 720 valence electrons. The Bertz CT molecular complexity index is 7650. The van der Waals surface area contributed by atoms with Crippen LogP contribution in [0.2, 0.25) is 0 Å². The molecule has 6 N–H and O–H groups in total. The van der Waals surface area contributed by atoms with E-state index in [1.807, 2.05) is 307 Å². The molecule has 8 heterocycles. The van der Waals surface area contributed by atoms with Gasteiger partial charge in [-0.15, -0.1) is 25.5 Å². The minimum absolute atomic E-state index is 0. The van der Waals surface area contributed by atoms with Crippen LogP contribution in [0.3, 0.4) is 0 Å². The molecule has 2 atom stereocenters. The summed E-state index contributed by atoms with van der Waals surface area (Å²) in [5, 5.41) is 71.2. The first-order valence-corrected chi connectivity index (χ1v) is 45.9. The zero-order valence-corrected chi connectivity index (χ0v) is 87.3. The topological polar surface area (TPSA) is 265 Å². The van der Waals surface area contributed by atoms with Gasteiger partial charge in [0.25, 0.3) is 0 Å². The summed E-state index contributed by atoms with van der Waals surface area (Å²) < 4.78 is 3.94. The van der Waals surface area contributed by atoms with Crippen LogP contribution in [0.25, 0.3) is 135 Å². The number of aromatic nitrogens is 9. The van der Waals surface area contributed by atoms with E-state index in [0.717, 1.165) is 84.7 Å². The van der Waals surface area contributed by atoms with Gasteiger partial charge >= 0.3 is 21.1 Å². The Morgan fingerprint density at radius 1 is 0.306 bits per heavy atom. The Kier molecular flexibility index (Phi) is 33.6. The van der Waals surface area contributed by atoms with Gasteiger partial charge in [-0.25, -0.2) is 24.9 Å². The predicted molar refractivity (Wildman–Crippen MR) is 562 cm³/mol. The summed E-state index contributed by atoms with van der Waals surface area (Å²) in [7, 11) is 3.67. The minimum atomic E-state index is -0.471. The van der Waals surface area contributed by atoms with Gasteiger partial charge in [0.2, 0.25) is 0 Å². The smallest absolute Gasteiger partial charge is 0.686 e. The fourth-order valence-corrected chi connectivity index (χ4v) is 17.5. The normalized spacial score (nSPS) is 12.4. The maximum Gasteiger partial charge on any atom is 2.00 e. The average molecular weight is 2610 g/mol. The number of aromatic hydroxyl groups is 6. The first-order chi connectivity index (χ1) is 68.6. The summed E-state index contributed by atoms with van der Waals surface area (Å²) in [5.41, 5.74) is 24.4. The van der Waals surface area contributed by atoms with Gasteiger partial charge in [-0.2, -0.15) is 0 Å². The second kappa shape index (κ2) is 47.1. The zero-order chi connectivity index (χ0) is 96.0. The molecule has 1 aliphatic carbocycles. The van der Waals surface area contributed by atoms with Gasteiger partial charge < -0.3 is 41.3 Å². The molecule has 23 heteroatoms. The molecule has 1 aliphatic heterocycles. The maximum absolute atomic E-state index is 10.5. The summed E-state index contributed by atoms with van der Waals surface area (Å²) in [4.78, 5) is 42.1. The number of allylic oxidation sites excluding steroid dienone is 1. The summed E-state index contributed by atoms with van der Waals surface area (Å²) in [6, 6.07) is 135. The van der Waals surface area contributed by atoms with Gasteiger partial charge in [-0.05, 0) is 217 Å². The van der Waals surface area contributed by atoms with Crippen molar-refractivity contribution in [2.75, 3.05) is 19.0 Å². The van der Waals surface area contributed by atoms with E-state index in [9.17, 15) is 30.6 Å². The predicted octanol–water partition coefficient (Wildman–Crippen LogP) is 28.7. The van der Waals surface area contributed by atoms with Crippen molar-refractivity contribution in [1.29, 1.82) is 0 Å². The van der Waals surface area contributed by atoms with E-state index in [-0.39, 0.29) is 131 Å². The second-order valence-corrected chi connectivity index (χ2v) is 33.8. The van der Waals surface area contributed by atoms with Crippen LogP contribution in [0.15, 0.2) is 454 Å². The third kappa shape index (κ3) is 22.4. The van der Waals surface area contributed by atoms with Crippen molar-refractivity contribution in [3.05, 3.63) is 494 Å². The van der Waals surface area contributed by atoms with Gasteiger partial charge in [-0.3, -0.25) is 29.0 Å². The standard InChI is InChI=1S/C38H30N4.C30H22N4O2.C28H21N3O2.C25H22N2O2.4Pt/c1-39-33-19-11-9-17-29(33)35-23-31(25-13-5-3-6-14-25)27-21-22-28-32(26-15-7-4-8-16-26)24-36(42-38(28)37(27)41-35)30-18-10-12-20-34(30)40-2;35-27-17-9-7-15-23(27)25-19-33(21-11-3-1-4-12-21)29(31-25)30-32-26(24-16-8-10-18-28(24)36)20-34(30)22-13-5-2-6-14-22;32-25-16-6-4-12-21(25)23-14-8-18-27(29-23)31(20-10-2-1-3-11-20)28-19-9-15-24(30-28)22-13-5-7-17-26(22)33;1-25(2,23-15-7-11-19(26-23)17-9-3-5-13-21(17)28)24-16-8-12-20(27-24)18-10-4-6-14-22(18)29;;;;/h3-24,27,37H,1-2H3;1-20,35-36H;1-19,32-33H;3-16,28-29H,1-2H3;;;;/q-2;;;;;;;+2. The number of benzene rings is 13. The fraction of sp³-hybridized carbons (Fsp3) is 0.0579. The number of anilines is 3. The number of phenols is 6. The van der Waals surface area contributed by atoms with Gasteiger partial charge in [0, 0.05) is 143 Å². The molecule has 144 heavy (non-hydrogen) atoms. The van der Waals surface area contributed by atoms with Crippen molar-refractivity contribution < 1.29 is 115 Å². The molecule has 0 saturated carbocycles. The van der Waals surface area contributed by atoms with Crippen molar-refractivity contribution in [3.8, 4) is 147 Å². The van der Waals surface area contributed by atoms with Crippen molar-refractivity contribution >= 4 is 46.1 Å². The van der Waals surface area contributed by atoms with E-state index >= 15 is 0 Å². The Morgan fingerprint density at radius 3 is 1.04 bits per heavy atom. The molecule has 0 fully saturated rings. The Balaban J connectivity index is 0.000000144. The van der Waals surface area contributed by atoms with Gasteiger partial charge in [-0.1, -0.05) is 273 Å². The third-order valence-corrected chi connectivity index (χ3v) is 24.6. The largest absolute Gasteiger partial charge is 2.00 e. The molecule has 0 saturated heterocycles. The summed E-state index contributed by atoms with van der Waals surface area (Å²) in [6.07, 6.45) is 10.6. The molecular formula is C121H95N13O6Pt4. The van der Waals surface area contributed by atoms with Gasteiger partial charge in [0.05, 0.1) is 62.7 Å². The van der Waals surface area contributed by atoms with E-state index in [2.05, 4.69) is 128 Å². The molecule has 7 aromatic heterocycles. The van der Waals surface area contributed by atoms with Crippen molar-refractivity contribution in [1.82, 2.24) is 44.0 Å². The summed E-state index contributed by atoms with van der Waals surface area (Å²) in [5.74, 6) is 3.63. The second-order valence-electron chi connectivity index (χ2n) is 33.8. The number of fused-ring (bicyclic) bond motifs is 3. The number of phenolic OH excluding ortho intramolecular Hbond substituents is 6. The van der Waals surface area contributed by atoms with Crippen LogP contribution in [-0.2, 0) is 89.7 Å². The molecule has 2 aliphatic rings. The van der Waals surface area contributed by atoms with E-state index in [4.69, 9.17) is 39.9 Å².